The normalized spacial score (nSPS) is 14.4. The summed E-state index contributed by atoms with van der Waals surface area (Å²) in [7, 11) is 1.39. The lowest BCUT2D eigenvalue weighted by atomic mass is 10.1. The van der Waals surface area contributed by atoms with E-state index in [0.29, 0.717) is 5.56 Å². The zero-order valence-corrected chi connectivity index (χ0v) is 10.2. The molecule has 2 heterocycles. The van der Waals surface area contributed by atoms with Gasteiger partial charge in [0.15, 0.2) is 0 Å². The van der Waals surface area contributed by atoms with Gasteiger partial charge >= 0.3 is 5.97 Å². The fraction of sp³-hybridized carbons (Fsp3) is 0.286. The smallest absolute Gasteiger partial charge is 0.337 e. The number of carbonyl (C=O) groups excluding carboxylic acids is 1. The molecule has 18 heavy (non-hydrogen) atoms. The Morgan fingerprint density at radius 1 is 1.33 bits per heavy atom. The average Bonchev–Trinajstić information content (AvgIpc) is 2.35. The molecule has 1 aliphatic rings. The van der Waals surface area contributed by atoms with Gasteiger partial charge in [0.2, 0.25) is 0 Å². The maximum Gasteiger partial charge on any atom is 0.337 e. The first kappa shape index (κ1) is 11.0. The summed E-state index contributed by atoms with van der Waals surface area (Å²) in [6.07, 6.45) is 3.12. The van der Waals surface area contributed by atoms with Crippen LogP contribution in [0.15, 0.2) is 30.5 Å². The molecule has 1 fully saturated rings. The second-order valence-electron chi connectivity index (χ2n) is 4.43. The van der Waals surface area contributed by atoms with Crippen molar-refractivity contribution in [2.75, 3.05) is 25.1 Å². The van der Waals surface area contributed by atoms with Gasteiger partial charge in [0, 0.05) is 18.5 Å². The molecule has 3 rings (SSSR count). The molecule has 0 radical (unpaired) electrons. The van der Waals surface area contributed by atoms with Crippen LogP contribution in [0.1, 0.15) is 16.8 Å². The molecule has 0 saturated carbocycles. The van der Waals surface area contributed by atoms with Gasteiger partial charge in [-0.3, -0.25) is 4.98 Å². The van der Waals surface area contributed by atoms with Crippen molar-refractivity contribution in [1.29, 1.82) is 0 Å². The summed E-state index contributed by atoms with van der Waals surface area (Å²) in [5.74, 6) is -0.314. The largest absolute Gasteiger partial charge is 0.465 e. The molecule has 1 aliphatic heterocycles. The number of ether oxygens (including phenoxy) is 1. The quantitative estimate of drug-likeness (QED) is 0.757. The summed E-state index contributed by atoms with van der Waals surface area (Å²) in [5.41, 5.74) is 2.58. The Morgan fingerprint density at radius 3 is 2.83 bits per heavy atom. The summed E-state index contributed by atoms with van der Waals surface area (Å²) >= 11 is 0. The molecule has 4 nitrogen and oxygen atoms in total. The molecule has 4 heteroatoms. The number of carbonyl (C=O) groups is 1. The van der Waals surface area contributed by atoms with Crippen molar-refractivity contribution in [1.82, 2.24) is 4.98 Å². The van der Waals surface area contributed by atoms with Gasteiger partial charge in [-0.2, -0.15) is 0 Å². The number of esters is 1. The standard InChI is InChI=1S/C14H14N2O2/c1-18-14(17)10-3-4-13-11(7-10)8-12(9-15-13)16-5-2-6-16/h3-4,7-9H,2,5-6H2,1H3. The van der Waals surface area contributed by atoms with Crippen LogP contribution in [0.5, 0.6) is 0 Å². The summed E-state index contributed by atoms with van der Waals surface area (Å²) in [6.45, 7) is 2.17. The molecule has 0 N–H and O–H groups in total. The Labute approximate surface area is 105 Å². The highest BCUT2D eigenvalue weighted by Crippen LogP contribution is 2.24. The SMILES string of the molecule is COC(=O)c1ccc2ncc(N3CCC3)cc2c1. The minimum absolute atomic E-state index is 0.314. The van der Waals surface area contributed by atoms with Crippen molar-refractivity contribution in [3.05, 3.63) is 36.0 Å². The summed E-state index contributed by atoms with van der Waals surface area (Å²) < 4.78 is 4.73. The predicted octanol–water partition coefficient (Wildman–Crippen LogP) is 2.23. The van der Waals surface area contributed by atoms with Crippen molar-refractivity contribution in [3.8, 4) is 0 Å². The molecule has 0 bridgehead atoms. The second kappa shape index (κ2) is 4.29. The van der Waals surface area contributed by atoms with Gasteiger partial charge in [0.05, 0.1) is 30.1 Å². The summed E-state index contributed by atoms with van der Waals surface area (Å²) in [5, 5.41) is 0.974. The molecule has 0 amide bonds. The van der Waals surface area contributed by atoms with E-state index in [1.54, 1.807) is 6.07 Å². The van der Waals surface area contributed by atoms with Gasteiger partial charge in [0.25, 0.3) is 0 Å². The molecule has 1 aromatic heterocycles. The lowest BCUT2D eigenvalue weighted by Crippen LogP contribution is -2.36. The molecule has 92 valence electrons. The Balaban J connectivity index is 2.04. The number of hydrogen-bond acceptors (Lipinski definition) is 4. The van der Waals surface area contributed by atoms with E-state index in [2.05, 4.69) is 16.0 Å². The third kappa shape index (κ3) is 1.79. The number of benzene rings is 1. The van der Waals surface area contributed by atoms with Gasteiger partial charge in [-0.25, -0.2) is 4.79 Å². The molecule has 1 saturated heterocycles. The number of rotatable bonds is 2. The molecule has 0 atom stereocenters. The van der Waals surface area contributed by atoms with E-state index in [1.807, 2.05) is 18.3 Å². The number of hydrogen-bond donors (Lipinski definition) is 0. The number of nitrogens with zero attached hydrogens (tertiary/aromatic N) is 2. The maximum atomic E-state index is 11.5. The van der Waals surface area contributed by atoms with Gasteiger partial charge in [-0.05, 0) is 30.7 Å². The summed E-state index contributed by atoms with van der Waals surface area (Å²) in [4.78, 5) is 18.2. The van der Waals surface area contributed by atoms with Crippen LogP contribution in [0.2, 0.25) is 0 Å². The number of pyridine rings is 1. The van der Waals surface area contributed by atoms with Gasteiger partial charge < -0.3 is 9.64 Å². The third-order valence-electron chi connectivity index (χ3n) is 3.31. The van der Waals surface area contributed by atoms with E-state index in [0.717, 1.165) is 29.7 Å². The van der Waals surface area contributed by atoms with Crippen LogP contribution in [0.25, 0.3) is 10.9 Å². The van der Waals surface area contributed by atoms with Crippen LogP contribution >= 0.6 is 0 Å². The molecule has 0 unspecified atom stereocenters. The van der Waals surface area contributed by atoms with E-state index in [-0.39, 0.29) is 5.97 Å². The van der Waals surface area contributed by atoms with Gasteiger partial charge in [0.1, 0.15) is 0 Å². The van der Waals surface area contributed by atoms with E-state index >= 15 is 0 Å². The number of aromatic nitrogens is 1. The molecular formula is C14H14N2O2. The minimum atomic E-state index is -0.314. The fourth-order valence-corrected chi connectivity index (χ4v) is 2.11. The van der Waals surface area contributed by atoms with Crippen LogP contribution < -0.4 is 4.90 Å². The highest BCUT2D eigenvalue weighted by Gasteiger charge is 2.15. The van der Waals surface area contributed by atoms with Gasteiger partial charge in [-0.1, -0.05) is 0 Å². The second-order valence-corrected chi connectivity index (χ2v) is 4.43. The molecule has 2 aromatic rings. The molecule has 0 spiro atoms. The van der Waals surface area contributed by atoms with Crippen molar-refractivity contribution < 1.29 is 9.53 Å². The Hall–Kier alpha value is -2.10. The monoisotopic (exact) mass is 242 g/mol. The average molecular weight is 242 g/mol. The van der Waals surface area contributed by atoms with Gasteiger partial charge in [-0.15, -0.1) is 0 Å². The van der Waals surface area contributed by atoms with Crippen molar-refractivity contribution in [2.45, 2.75) is 6.42 Å². The summed E-state index contributed by atoms with van der Waals surface area (Å²) in [6, 6.07) is 7.50. The first-order chi connectivity index (χ1) is 8.78. The first-order valence-corrected chi connectivity index (χ1v) is 6.01. The molecular weight excluding hydrogens is 228 g/mol. The highest BCUT2D eigenvalue weighted by atomic mass is 16.5. The van der Waals surface area contributed by atoms with Crippen molar-refractivity contribution >= 4 is 22.6 Å². The van der Waals surface area contributed by atoms with E-state index in [9.17, 15) is 4.79 Å². The molecule has 0 aliphatic carbocycles. The van der Waals surface area contributed by atoms with Crippen LogP contribution in [-0.4, -0.2) is 31.2 Å². The number of anilines is 1. The lowest BCUT2D eigenvalue weighted by Gasteiger charge is -2.32. The maximum absolute atomic E-state index is 11.5. The highest BCUT2D eigenvalue weighted by molar-refractivity contribution is 5.95. The number of fused-ring (bicyclic) bond motifs is 1. The third-order valence-corrected chi connectivity index (χ3v) is 3.31. The Morgan fingerprint density at radius 2 is 2.17 bits per heavy atom. The van der Waals surface area contributed by atoms with Crippen LogP contribution in [-0.2, 0) is 4.74 Å². The molecule has 1 aromatic carbocycles. The van der Waals surface area contributed by atoms with E-state index < -0.39 is 0 Å². The first-order valence-electron chi connectivity index (χ1n) is 6.01. The van der Waals surface area contributed by atoms with E-state index in [4.69, 9.17) is 4.74 Å². The predicted molar refractivity (Wildman–Crippen MR) is 69.9 cm³/mol. The zero-order valence-electron chi connectivity index (χ0n) is 10.2. The topological polar surface area (TPSA) is 42.4 Å². The fourth-order valence-electron chi connectivity index (χ4n) is 2.11. The van der Waals surface area contributed by atoms with Crippen molar-refractivity contribution in [2.24, 2.45) is 0 Å². The zero-order chi connectivity index (χ0) is 12.5. The lowest BCUT2D eigenvalue weighted by molar-refractivity contribution is 0.0601. The van der Waals surface area contributed by atoms with Crippen LogP contribution in [0, 0.1) is 0 Å². The minimum Gasteiger partial charge on any atom is -0.465 e. The van der Waals surface area contributed by atoms with E-state index in [1.165, 1.54) is 13.5 Å². The van der Waals surface area contributed by atoms with Crippen molar-refractivity contribution in [3.63, 3.8) is 0 Å². The van der Waals surface area contributed by atoms with Crippen LogP contribution in [0.3, 0.4) is 0 Å². The Bertz CT molecular complexity index is 606. The number of methoxy groups -OCH3 is 1. The Kier molecular flexibility index (Phi) is 2.63. The van der Waals surface area contributed by atoms with Crippen LogP contribution in [0.4, 0.5) is 5.69 Å².